The summed E-state index contributed by atoms with van der Waals surface area (Å²) in [4.78, 5) is 5.68. The summed E-state index contributed by atoms with van der Waals surface area (Å²) in [5.74, 6) is 2.19. The Morgan fingerprint density at radius 1 is 1.31 bits per heavy atom. The number of nitrogens with one attached hydrogen (secondary N) is 1. The predicted molar refractivity (Wildman–Crippen MR) is 55.3 cm³/mol. The fraction of sp³-hybridized carbons (Fsp3) is 0.556. The van der Waals surface area contributed by atoms with E-state index in [0.29, 0.717) is 24.8 Å². The summed E-state index contributed by atoms with van der Waals surface area (Å²) >= 11 is 0. The molecule has 0 unspecified atom stereocenters. The second-order valence-electron chi connectivity index (χ2n) is 3.55. The molecule has 2 aromatic heterocycles. The molecule has 2 heterocycles. The Bertz CT molecular complexity index is 455. The van der Waals surface area contributed by atoms with Gasteiger partial charge in [-0.1, -0.05) is 0 Å². The molecule has 16 heavy (non-hydrogen) atoms. The summed E-state index contributed by atoms with van der Waals surface area (Å²) in [6, 6.07) is 0. The molecule has 0 aliphatic rings. The Balaban J connectivity index is 1.84. The van der Waals surface area contributed by atoms with Crippen molar-refractivity contribution in [3.8, 4) is 0 Å². The molecular formula is C9H14N6O. The van der Waals surface area contributed by atoms with Crippen LogP contribution >= 0.6 is 0 Å². The molecular weight excluding hydrogens is 208 g/mol. The third kappa shape index (κ3) is 2.43. The van der Waals surface area contributed by atoms with E-state index < -0.39 is 0 Å². The molecule has 0 saturated carbocycles. The second-order valence-corrected chi connectivity index (χ2v) is 3.55. The number of aromatic nitrogens is 5. The SMILES string of the molecule is Cc1nc(CNCc2nnn(C)n2)oc1C. The Morgan fingerprint density at radius 2 is 2.12 bits per heavy atom. The van der Waals surface area contributed by atoms with Crippen molar-refractivity contribution in [3.05, 3.63) is 23.2 Å². The summed E-state index contributed by atoms with van der Waals surface area (Å²) in [6.45, 7) is 4.93. The molecule has 0 spiro atoms. The zero-order valence-corrected chi connectivity index (χ0v) is 9.56. The predicted octanol–water partition coefficient (Wildman–Crippen LogP) is 0.105. The van der Waals surface area contributed by atoms with E-state index in [1.54, 1.807) is 7.05 Å². The van der Waals surface area contributed by atoms with Crippen LogP contribution in [0.2, 0.25) is 0 Å². The average molecular weight is 222 g/mol. The van der Waals surface area contributed by atoms with Gasteiger partial charge in [0.25, 0.3) is 0 Å². The van der Waals surface area contributed by atoms with Crippen LogP contribution in [0.3, 0.4) is 0 Å². The monoisotopic (exact) mass is 222 g/mol. The van der Waals surface area contributed by atoms with Gasteiger partial charge in [0.15, 0.2) is 5.82 Å². The molecule has 7 heteroatoms. The van der Waals surface area contributed by atoms with Crippen molar-refractivity contribution in [3.63, 3.8) is 0 Å². The Morgan fingerprint density at radius 3 is 2.69 bits per heavy atom. The zero-order chi connectivity index (χ0) is 11.5. The summed E-state index contributed by atoms with van der Waals surface area (Å²) in [5, 5.41) is 14.8. The first kappa shape index (κ1) is 10.7. The summed E-state index contributed by atoms with van der Waals surface area (Å²) in [7, 11) is 1.73. The molecule has 0 atom stereocenters. The molecule has 0 fully saturated rings. The molecule has 86 valence electrons. The van der Waals surface area contributed by atoms with Crippen LogP contribution in [0.1, 0.15) is 23.2 Å². The summed E-state index contributed by atoms with van der Waals surface area (Å²) in [5.41, 5.74) is 0.925. The molecule has 0 aliphatic carbocycles. The average Bonchev–Trinajstić information content (AvgIpc) is 2.75. The number of rotatable bonds is 4. The van der Waals surface area contributed by atoms with E-state index in [1.807, 2.05) is 13.8 Å². The largest absolute Gasteiger partial charge is 0.444 e. The van der Waals surface area contributed by atoms with Crippen LogP contribution in [-0.4, -0.2) is 25.2 Å². The van der Waals surface area contributed by atoms with Crippen molar-refractivity contribution in [2.45, 2.75) is 26.9 Å². The lowest BCUT2D eigenvalue weighted by atomic mass is 10.4. The fourth-order valence-electron chi connectivity index (χ4n) is 1.29. The minimum atomic E-state index is 0.550. The van der Waals surface area contributed by atoms with E-state index in [2.05, 4.69) is 25.7 Å². The lowest BCUT2D eigenvalue weighted by Crippen LogP contribution is -2.14. The van der Waals surface area contributed by atoms with Crippen molar-refractivity contribution >= 4 is 0 Å². The molecule has 0 saturated heterocycles. The first-order valence-corrected chi connectivity index (χ1v) is 5.01. The van der Waals surface area contributed by atoms with Gasteiger partial charge in [0.1, 0.15) is 5.76 Å². The number of nitrogens with zero attached hydrogens (tertiary/aromatic N) is 5. The van der Waals surface area contributed by atoms with Crippen LogP contribution in [-0.2, 0) is 20.1 Å². The van der Waals surface area contributed by atoms with Crippen LogP contribution in [0.15, 0.2) is 4.42 Å². The highest BCUT2D eigenvalue weighted by Gasteiger charge is 2.05. The van der Waals surface area contributed by atoms with E-state index in [4.69, 9.17) is 4.42 Å². The van der Waals surface area contributed by atoms with Crippen LogP contribution in [0, 0.1) is 13.8 Å². The second kappa shape index (κ2) is 4.40. The van der Waals surface area contributed by atoms with Crippen LogP contribution in [0.5, 0.6) is 0 Å². The van der Waals surface area contributed by atoms with Crippen LogP contribution < -0.4 is 5.32 Å². The minimum Gasteiger partial charge on any atom is -0.444 e. The number of tetrazole rings is 1. The smallest absolute Gasteiger partial charge is 0.208 e. The van der Waals surface area contributed by atoms with Gasteiger partial charge in [-0.3, -0.25) is 0 Å². The van der Waals surface area contributed by atoms with Gasteiger partial charge in [-0.2, -0.15) is 4.80 Å². The third-order valence-corrected chi connectivity index (χ3v) is 2.18. The molecule has 0 radical (unpaired) electrons. The van der Waals surface area contributed by atoms with Crippen LogP contribution in [0.25, 0.3) is 0 Å². The summed E-state index contributed by atoms with van der Waals surface area (Å²) < 4.78 is 5.42. The van der Waals surface area contributed by atoms with E-state index in [1.165, 1.54) is 4.80 Å². The van der Waals surface area contributed by atoms with Crippen LogP contribution in [0.4, 0.5) is 0 Å². The lowest BCUT2D eigenvalue weighted by molar-refractivity contribution is 0.446. The molecule has 2 rings (SSSR count). The Hall–Kier alpha value is -1.76. The van der Waals surface area contributed by atoms with E-state index in [9.17, 15) is 0 Å². The van der Waals surface area contributed by atoms with Crippen molar-refractivity contribution in [1.29, 1.82) is 0 Å². The van der Waals surface area contributed by atoms with Gasteiger partial charge in [-0.25, -0.2) is 4.98 Å². The van der Waals surface area contributed by atoms with Gasteiger partial charge in [-0.05, 0) is 19.1 Å². The van der Waals surface area contributed by atoms with E-state index >= 15 is 0 Å². The van der Waals surface area contributed by atoms with Gasteiger partial charge in [-0.15, -0.1) is 10.2 Å². The number of hydrogen-bond donors (Lipinski definition) is 1. The minimum absolute atomic E-state index is 0.550. The first-order valence-electron chi connectivity index (χ1n) is 5.01. The molecule has 0 bridgehead atoms. The highest BCUT2D eigenvalue weighted by Crippen LogP contribution is 2.07. The van der Waals surface area contributed by atoms with Crippen molar-refractivity contribution < 1.29 is 4.42 Å². The van der Waals surface area contributed by atoms with E-state index in [-0.39, 0.29) is 0 Å². The third-order valence-electron chi connectivity index (χ3n) is 2.18. The quantitative estimate of drug-likeness (QED) is 0.790. The molecule has 0 aliphatic heterocycles. The lowest BCUT2D eigenvalue weighted by Gasteiger charge is -1.96. The topological polar surface area (TPSA) is 81.7 Å². The van der Waals surface area contributed by atoms with Crippen molar-refractivity contribution in [2.24, 2.45) is 7.05 Å². The highest BCUT2D eigenvalue weighted by molar-refractivity contribution is 5.05. The van der Waals surface area contributed by atoms with Gasteiger partial charge < -0.3 is 9.73 Å². The summed E-state index contributed by atoms with van der Waals surface area (Å²) in [6.07, 6.45) is 0. The van der Waals surface area contributed by atoms with Gasteiger partial charge in [0.2, 0.25) is 5.89 Å². The number of aryl methyl sites for hydroxylation is 3. The maximum Gasteiger partial charge on any atom is 0.208 e. The number of oxazole rings is 1. The first-order chi connectivity index (χ1) is 7.65. The molecule has 2 aromatic rings. The molecule has 7 nitrogen and oxygen atoms in total. The highest BCUT2D eigenvalue weighted by atomic mass is 16.4. The fourth-order valence-corrected chi connectivity index (χ4v) is 1.29. The van der Waals surface area contributed by atoms with Gasteiger partial charge >= 0.3 is 0 Å². The normalized spacial score (nSPS) is 10.9. The molecule has 0 aromatic carbocycles. The molecule has 1 N–H and O–H groups in total. The van der Waals surface area contributed by atoms with E-state index in [0.717, 1.165) is 11.5 Å². The van der Waals surface area contributed by atoms with Gasteiger partial charge in [0, 0.05) is 0 Å². The number of hydrogen-bond acceptors (Lipinski definition) is 6. The van der Waals surface area contributed by atoms with Gasteiger partial charge in [0.05, 0.1) is 25.8 Å². The Kier molecular flexibility index (Phi) is 2.95. The zero-order valence-electron chi connectivity index (χ0n) is 9.56. The maximum atomic E-state index is 5.42. The van der Waals surface area contributed by atoms with Crippen molar-refractivity contribution in [2.75, 3.05) is 0 Å². The standard InChI is InChI=1S/C9H14N6O/c1-6-7(2)16-9(11-6)5-10-4-8-12-14-15(3)13-8/h10H,4-5H2,1-3H3. The molecule has 0 amide bonds. The maximum absolute atomic E-state index is 5.42. The Labute approximate surface area is 92.9 Å². The van der Waals surface area contributed by atoms with Crippen molar-refractivity contribution in [1.82, 2.24) is 30.5 Å².